The molecule has 7 heteroatoms. The molecule has 0 aliphatic heterocycles. The molecule has 3 aromatic rings. The van der Waals surface area contributed by atoms with Crippen LogP contribution in [0.5, 0.6) is 11.5 Å². The Balaban J connectivity index is 1.70. The molecule has 0 heterocycles. The second-order valence-electron chi connectivity index (χ2n) is 7.53. The Morgan fingerprint density at radius 1 is 0.906 bits per heavy atom. The summed E-state index contributed by atoms with van der Waals surface area (Å²) in [6, 6.07) is 21.5. The number of carbonyl (C=O) groups excluding carboxylic acids is 1. The summed E-state index contributed by atoms with van der Waals surface area (Å²) >= 11 is 0. The van der Waals surface area contributed by atoms with Crippen LogP contribution >= 0.6 is 0 Å². The van der Waals surface area contributed by atoms with E-state index in [2.05, 4.69) is 5.32 Å². The molecule has 0 atom stereocenters. The summed E-state index contributed by atoms with van der Waals surface area (Å²) in [6.45, 7) is 3.81. The van der Waals surface area contributed by atoms with Gasteiger partial charge in [0.05, 0.1) is 22.8 Å². The molecule has 0 aliphatic carbocycles. The molecule has 0 spiro atoms. The first kappa shape index (κ1) is 23.3. The molecule has 1 N–H and O–H groups in total. The van der Waals surface area contributed by atoms with E-state index in [-0.39, 0.29) is 17.0 Å². The summed E-state index contributed by atoms with van der Waals surface area (Å²) in [5.41, 5.74) is 1.98. The molecular weight excluding hydrogens is 426 g/mol. The molecule has 0 saturated carbocycles. The van der Waals surface area contributed by atoms with Crippen molar-refractivity contribution in [1.82, 2.24) is 5.32 Å². The fraction of sp³-hybridized carbons (Fsp3) is 0.240. The van der Waals surface area contributed by atoms with Gasteiger partial charge in [0.2, 0.25) is 0 Å². The molecule has 0 fully saturated rings. The Labute approximate surface area is 189 Å². The Morgan fingerprint density at radius 2 is 1.59 bits per heavy atom. The quantitative estimate of drug-likeness (QED) is 0.520. The average Bonchev–Trinajstić information content (AvgIpc) is 2.81. The van der Waals surface area contributed by atoms with Crippen LogP contribution in [0.3, 0.4) is 0 Å². The van der Waals surface area contributed by atoms with Gasteiger partial charge in [-0.25, -0.2) is 8.42 Å². The van der Waals surface area contributed by atoms with Crippen LogP contribution in [0.15, 0.2) is 77.7 Å². The van der Waals surface area contributed by atoms with Crippen molar-refractivity contribution in [1.29, 1.82) is 0 Å². The highest BCUT2D eigenvalue weighted by atomic mass is 32.2. The van der Waals surface area contributed by atoms with E-state index >= 15 is 0 Å². The molecule has 3 aromatic carbocycles. The van der Waals surface area contributed by atoms with Gasteiger partial charge in [0.1, 0.15) is 6.61 Å². The van der Waals surface area contributed by atoms with Gasteiger partial charge in [0.25, 0.3) is 5.91 Å². The van der Waals surface area contributed by atoms with E-state index < -0.39 is 21.0 Å². The number of hydrogen-bond donors (Lipinski definition) is 1. The molecule has 0 radical (unpaired) electrons. The molecule has 168 valence electrons. The van der Waals surface area contributed by atoms with Crippen molar-refractivity contribution in [3.8, 4) is 11.5 Å². The van der Waals surface area contributed by atoms with Crippen LogP contribution in [0.25, 0.3) is 0 Å². The van der Waals surface area contributed by atoms with Crippen molar-refractivity contribution in [3.63, 3.8) is 0 Å². The number of rotatable bonds is 9. The van der Waals surface area contributed by atoms with Crippen molar-refractivity contribution >= 4 is 15.7 Å². The van der Waals surface area contributed by atoms with Gasteiger partial charge < -0.3 is 14.8 Å². The van der Waals surface area contributed by atoms with Gasteiger partial charge in [-0.1, -0.05) is 48.5 Å². The molecule has 0 bridgehead atoms. The van der Waals surface area contributed by atoms with Crippen LogP contribution in [0.4, 0.5) is 0 Å². The van der Waals surface area contributed by atoms with E-state index in [1.54, 1.807) is 45.2 Å². The number of hydrogen-bond acceptors (Lipinski definition) is 5. The van der Waals surface area contributed by atoms with Gasteiger partial charge in [-0.2, -0.15) is 0 Å². The van der Waals surface area contributed by atoms with Crippen molar-refractivity contribution in [3.05, 3.63) is 89.5 Å². The van der Waals surface area contributed by atoms with E-state index in [9.17, 15) is 13.2 Å². The minimum atomic E-state index is -3.58. The SMILES string of the molecule is COc1cc(CNC(=O)c2ccccc2S(=O)(=O)C(C)C)ccc1OCc1ccccc1. The van der Waals surface area contributed by atoms with Crippen molar-refractivity contribution < 1.29 is 22.7 Å². The van der Waals surface area contributed by atoms with Gasteiger partial charge in [-0.3, -0.25) is 4.79 Å². The van der Waals surface area contributed by atoms with Crippen LogP contribution in [-0.4, -0.2) is 26.7 Å². The molecule has 0 saturated heterocycles. The normalized spacial score (nSPS) is 11.2. The van der Waals surface area contributed by atoms with Crippen LogP contribution < -0.4 is 14.8 Å². The van der Waals surface area contributed by atoms with Crippen LogP contribution in [0.2, 0.25) is 0 Å². The van der Waals surface area contributed by atoms with Crippen molar-refractivity contribution in [2.24, 2.45) is 0 Å². The summed E-state index contributed by atoms with van der Waals surface area (Å²) in [6.07, 6.45) is 0. The number of ether oxygens (including phenoxy) is 2. The molecule has 0 unspecified atom stereocenters. The lowest BCUT2D eigenvalue weighted by atomic mass is 10.1. The van der Waals surface area contributed by atoms with Gasteiger partial charge >= 0.3 is 0 Å². The number of benzene rings is 3. The van der Waals surface area contributed by atoms with E-state index in [1.807, 2.05) is 36.4 Å². The fourth-order valence-electron chi connectivity index (χ4n) is 3.11. The maximum atomic E-state index is 12.8. The van der Waals surface area contributed by atoms with Crippen molar-refractivity contribution in [2.75, 3.05) is 7.11 Å². The highest BCUT2D eigenvalue weighted by Crippen LogP contribution is 2.29. The first-order valence-corrected chi connectivity index (χ1v) is 11.8. The monoisotopic (exact) mass is 453 g/mol. The minimum Gasteiger partial charge on any atom is -0.493 e. The van der Waals surface area contributed by atoms with E-state index in [0.29, 0.717) is 18.1 Å². The summed E-state index contributed by atoms with van der Waals surface area (Å²) in [5, 5.41) is 2.17. The zero-order chi connectivity index (χ0) is 23.1. The predicted octanol–water partition coefficient (Wildman–Crippen LogP) is 4.39. The van der Waals surface area contributed by atoms with Crippen LogP contribution in [-0.2, 0) is 23.0 Å². The third-order valence-corrected chi connectivity index (χ3v) is 7.19. The smallest absolute Gasteiger partial charge is 0.252 e. The maximum absolute atomic E-state index is 12.8. The van der Waals surface area contributed by atoms with Gasteiger partial charge in [0, 0.05) is 6.54 Å². The van der Waals surface area contributed by atoms with E-state index in [1.165, 1.54) is 12.1 Å². The van der Waals surface area contributed by atoms with E-state index in [0.717, 1.165) is 11.1 Å². The standard InChI is InChI=1S/C25H27NO5S/c1-18(2)32(28,29)24-12-8-7-11-21(24)25(27)26-16-20-13-14-22(23(15-20)30-3)31-17-19-9-5-4-6-10-19/h4-15,18H,16-17H2,1-3H3,(H,26,27). The van der Waals surface area contributed by atoms with Crippen LogP contribution in [0, 0.1) is 0 Å². The summed E-state index contributed by atoms with van der Waals surface area (Å²) in [5.74, 6) is 0.698. The molecular formula is C25H27NO5S. The minimum absolute atomic E-state index is 0.0368. The number of sulfone groups is 1. The summed E-state index contributed by atoms with van der Waals surface area (Å²) in [4.78, 5) is 12.8. The van der Waals surface area contributed by atoms with E-state index in [4.69, 9.17) is 9.47 Å². The number of nitrogens with one attached hydrogen (secondary N) is 1. The number of amides is 1. The Kier molecular flexibility index (Phi) is 7.53. The number of carbonyl (C=O) groups is 1. The second-order valence-corrected chi connectivity index (χ2v) is 10.0. The Morgan fingerprint density at radius 3 is 2.28 bits per heavy atom. The third-order valence-electron chi connectivity index (χ3n) is 4.98. The fourth-order valence-corrected chi connectivity index (χ4v) is 4.35. The van der Waals surface area contributed by atoms with Crippen LogP contribution in [0.1, 0.15) is 35.3 Å². The summed E-state index contributed by atoms with van der Waals surface area (Å²) < 4.78 is 36.5. The Bertz CT molecular complexity index is 1170. The zero-order valence-corrected chi connectivity index (χ0v) is 19.2. The molecule has 32 heavy (non-hydrogen) atoms. The third kappa shape index (κ3) is 5.48. The molecule has 6 nitrogen and oxygen atoms in total. The lowest BCUT2D eigenvalue weighted by Crippen LogP contribution is -2.26. The number of methoxy groups -OCH3 is 1. The highest BCUT2D eigenvalue weighted by molar-refractivity contribution is 7.92. The highest BCUT2D eigenvalue weighted by Gasteiger charge is 2.25. The molecule has 3 rings (SSSR count). The molecule has 0 aliphatic rings. The average molecular weight is 454 g/mol. The predicted molar refractivity (Wildman–Crippen MR) is 124 cm³/mol. The molecule has 1 amide bonds. The first-order chi connectivity index (χ1) is 15.3. The lowest BCUT2D eigenvalue weighted by molar-refractivity contribution is 0.0947. The Hall–Kier alpha value is -3.32. The maximum Gasteiger partial charge on any atom is 0.252 e. The second kappa shape index (κ2) is 10.3. The first-order valence-electron chi connectivity index (χ1n) is 10.3. The summed E-state index contributed by atoms with van der Waals surface area (Å²) in [7, 11) is -2.02. The lowest BCUT2D eigenvalue weighted by Gasteiger charge is -2.14. The topological polar surface area (TPSA) is 81.7 Å². The van der Waals surface area contributed by atoms with Gasteiger partial charge in [-0.15, -0.1) is 0 Å². The largest absolute Gasteiger partial charge is 0.493 e. The zero-order valence-electron chi connectivity index (χ0n) is 18.4. The van der Waals surface area contributed by atoms with Gasteiger partial charge in [0.15, 0.2) is 21.3 Å². The van der Waals surface area contributed by atoms with Gasteiger partial charge in [-0.05, 0) is 49.2 Å². The van der Waals surface area contributed by atoms with Crippen molar-refractivity contribution in [2.45, 2.75) is 37.1 Å². The molecule has 0 aromatic heterocycles.